The van der Waals surface area contributed by atoms with Gasteiger partial charge in [-0.15, -0.1) is 11.8 Å². The number of hydrogen-bond donors (Lipinski definition) is 0. The van der Waals surface area contributed by atoms with Crippen LogP contribution in [0.4, 0.5) is 10.3 Å². The van der Waals surface area contributed by atoms with Gasteiger partial charge in [0.1, 0.15) is 0 Å². The molecule has 144 valence electrons. The zero-order chi connectivity index (χ0) is 19.3. The van der Waals surface area contributed by atoms with Gasteiger partial charge in [-0.1, -0.05) is 46.4 Å². The first-order valence-corrected chi connectivity index (χ1v) is 12.4. The predicted octanol–water partition coefficient (Wildman–Crippen LogP) is 5.92. The van der Waals surface area contributed by atoms with E-state index < -0.39 is 0 Å². The van der Waals surface area contributed by atoms with Crippen molar-refractivity contribution >= 4 is 76.7 Å². The standard InChI is InChI=1S/C20H19ClN4S3/c1-12-6-7-13(21)18-16(12)22-20(28-18)25-10-8-24(9-11-25)19-23-17-14(26-2)4-3-5-15(17)27-19/h3-7H,8-11H2,1-2H3. The molecule has 0 N–H and O–H groups in total. The smallest absolute Gasteiger partial charge is 0.186 e. The molecule has 4 nitrogen and oxygen atoms in total. The molecule has 0 spiro atoms. The van der Waals surface area contributed by atoms with Gasteiger partial charge in [-0.05, 0) is 36.9 Å². The van der Waals surface area contributed by atoms with Crippen molar-refractivity contribution in [2.45, 2.75) is 11.8 Å². The highest BCUT2D eigenvalue weighted by Gasteiger charge is 2.23. The molecule has 1 aliphatic rings. The second kappa shape index (κ2) is 7.37. The van der Waals surface area contributed by atoms with Crippen molar-refractivity contribution in [2.75, 3.05) is 42.2 Å². The van der Waals surface area contributed by atoms with Crippen LogP contribution in [0.15, 0.2) is 35.2 Å². The third kappa shape index (κ3) is 3.14. The zero-order valence-corrected chi connectivity index (χ0v) is 18.8. The fourth-order valence-corrected chi connectivity index (χ4v) is 6.57. The van der Waals surface area contributed by atoms with Gasteiger partial charge in [0, 0.05) is 31.1 Å². The minimum absolute atomic E-state index is 0.794. The minimum Gasteiger partial charge on any atom is -0.345 e. The lowest BCUT2D eigenvalue weighted by Crippen LogP contribution is -2.46. The van der Waals surface area contributed by atoms with Crippen LogP contribution in [-0.4, -0.2) is 42.4 Å². The summed E-state index contributed by atoms with van der Waals surface area (Å²) < 4.78 is 2.36. The summed E-state index contributed by atoms with van der Waals surface area (Å²) in [5.74, 6) is 0. The molecule has 1 aliphatic heterocycles. The lowest BCUT2D eigenvalue weighted by atomic mass is 10.2. The van der Waals surface area contributed by atoms with E-state index in [1.54, 1.807) is 34.4 Å². The molecule has 3 heterocycles. The van der Waals surface area contributed by atoms with Crippen LogP contribution in [0.3, 0.4) is 0 Å². The molecule has 0 radical (unpaired) electrons. The van der Waals surface area contributed by atoms with Gasteiger partial charge in [0.15, 0.2) is 10.3 Å². The number of anilines is 2. The number of benzene rings is 2. The van der Waals surface area contributed by atoms with Crippen LogP contribution < -0.4 is 9.80 Å². The molecule has 1 fully saturated rings. The Kier molecular flexibility index (Phi) is 4.87. The highest BCUT2D eigenvalue weighted by molar-refractivity contribution is 7.98. The Hall–Kier alpha value is -1.54. The number of hydrogen-bond acceptors (Lipinski definition) is 7. The molecule has 5 rings (SSSR count). The van der Waals surface area contributed by atoms with E-state index in [9.17, 15) is 0 Å². The van der Waals surface area contributed by atoms with Crippen LogP contribution in [0, 0.1) is 6.92 Å². The molecular weight excluding hydrogens is 428 g/mol. The predicted molar refractivity (Wildman–Crippen MR) is 125 cm³/mol. The number of fused-ring (bicyclic) bond motifs is 2. The Morgan fingerprint density at radius 3 is 2.29 bits per heavy atom. The van der Waals surface area contributed by atoms with Crippen molar-refractivity contribution in [1.29, 1.82) is 0 Å². The van der Waals surface area contributed by atoms with Crippen LogP contribution in [-0.2, 0) is 0 Å². The van der Waals surface area contributed by atoms with Crippen molar-refractivity contribution in [2.24, 2.45) is 0 Å². The third-order valence-corrected chi connectivity index (χ3v) is 8.52. The van der Waals surface area contributed by atoms with Crippen molar-refractivity contribution < 1.29 is 0 Å². The number of rotatable bonds is 3. The van der Waals surface area contributed by atoms with Gasteiger partial charge in [-0.3, -0.25) is 0 Å². The second-order valence-electron chi connectivity index (χ2n) is 6.82. The van der Waals surface area contributed by atoms with Crippen LogP contribution in [0.2, 0.25) is 5.02 Å². The third-order valence-electron chi connectivity index (χ3n) is 5.10. The van der Waals surface area contributed by atoms with Crippen LogP contribution in [0.1, 0.15) is 5.56 Å². The number of aryl methyl sites for hydroxylation is 1. The van der Waals surface area contributed by atoms with Crippen molar-refractivity contribution in [3.8, 4) is 0 Å². The summed E-state index contributed by atoms with van der Waals surface area (Å²) in [4.78, 5) is 15.8. The first-order valence-electron chi connectivity index (χ1n) is 9.13. The quantitative estimate of drug-likeness (QED) is 0.365. The second-order valence-corrected chi connectivity index (χ2v) is 10.1. The van der Waals surface area contributed by atoms with Gasteiger partial charge < -0.3 is 9.80 Å². The van der Waals surface area contributed by atoms with Crippen LogP contribution in [0.5, 0.6) is 0 Å². The lowest BCUT2D eigenvalue weighted by Gasteiger charge is -2.34. The molecule has 4 aromatic rings. The van der Waals surface area contributed by atoms with E-state index in [1.807, 2.05) is 12.1 Å². The van der Waals surface area contributed by atoms with Crippen LogP contribution >= 0.6 is 46.0 Å². The Bertz CT molecular complexity index is 1120. The average Bonchev–Trinajstić information content (AvgIpc) is 3.36. The van der Waals surface area contributed by atoms with Gasteiger partial charge >= 0.3 is 0 Å². The van der Waals surface area contributed by atoms with Gasteiger partial charge in [0.25, 0.3) is 0 Å². The lowest BCUT2D eigenvalue weighted by molar-refractivity contribution is 0.651. The summed E-state index contributed by atoms with van der Waals surface area (Å²) in [6.07, 6.45) is 2.11. The normalized spacial score (nSPS) is 15.1. The number of thiazole rings is 2. The molecule has 0 bridgehead atoms. The van der Waals surface area contributed by atoms with Gasteiger partial charge in [-0.25, -0.2) is 9.97 Å². The fourth-order valence-electron chi connectivity index (χ4n) is 3.53. The number of piperazine rings is 1. The van der Waals surface area contributed by atoms with E-state index in [4.69, 9.17) is 21.6 Å². The van der Waals surface area contributed by atoms with Gasteiger partial charge in [-0.2, -0.15) is 0 Å². The number of nitrogens with zero attached hydrogens (tertiary/aromatic N) is 4. The van der Waals surface area contributed by atoms with E-state index in [1.165, 1.54) is 15.2 Å². The minimum atomic E-state index is 0.794. The van der Waals surface area contributed by atoms with Crippen molar-refractivity contribution in [3.63, 3.8) is 0 Å². The summed E-state index contributed by atoms with van der Waals surface area (Å²) in [6, 6.07) is 10.4. The van der Waals surface area contributed by atoms with E-state index in [0.29, 0.717) is 0 Å². The molecular formula is C20H19ClN4S3. The summed E-state index contributed by atoms with van der Waals surface area (Å²) in [6.45, 7) is 5.90. The van der Waals surface area contributed by atoms with Crippen molar-refractivity contribution in [1.82, 2.24) is 9.97 Å². The summed E-state index contributed by atoms with van der Waals surface area (Å²) >= 11 is 11.6. The molecule has 0 aliphatic carbocycles. The van der Waals surface area contributed by atoms with E-state index in [2.05, 4.69) is 41.2 Å². The van der Waals surface area contributed by atoms with Gasteiger partial charge in [0.2, 0.25) is 0 Å². The molecule has 0 unspecified atom stereocenters. The summed E-state index contributed by atoms with van der Waals surface area (Å²) in [5.41, 5.74) is 3.35. The van der Waals surface area contributed by atoms with Crippen LogP contribution in [0.25, 0.3) is 20.4 Å². The number of aromatic nitrogens is 2. The molecule has 8 heteroatoms. The Labute approximate surface area is 181 Å². The Morgan fingerprint density at radius 2 is 1.61 bits per heavy atom. The maximum Gasteiger partial charge on any atom is 0.186 e. The molecule has 0 atom stereocenters. The molecule has 0 saturated carbocycles. The maximum atomic E-state index is 6.38. The molecule has 2 aromatic heterocycles. The zero-order valence-electron chi connectivity index (χ0n) is 15.6. The first kappa shape index (κ1) is 18.5. The largest absolute Gasteiger partial charge is 0.345 e. The molecule has 28 heavy (non-hydrogen) atoms. The highest BCUT2D eigenvalue weighted by atomic mass is 35.5. The molecule has 0 amide bonds. The molecule has 1 saturated heterocycles. The van der Waals surface area contributed by atoms with E-state index >= 15 is 0 Å². The molecule has 2 aromatic carbocycles. The number of para-hydroxylation sites is 1. The topological polar surface area (TPSA) is 32.3 Å². The summed E-state index contributed by atoms with van der Waals surface area (Å²) in [7, 11) is 0. The maximum absolute atomic E-state index is 6.38. The fraction of sp³-hybridized carbons (Fsp3) is 0.300. The Balaban J connectivity index is 1.37. The van der Waals surface area contributed by atoms with Crippen molar-refractivity contribution in [3.05, 3.63) is 40.9 Å². The first-order chi connectivity index (χ1) is 13.6. The van der Waals surface area contributed by atoms with E-state index in [0.717, 1.165) is 57.2 Å². The van der Waals surface area contributed by atoms with E-state index in [-0.39, 0.29) is 0 Å². The van der Waals surface area contributed by atoms with Gasteiger partial charge in [0.05, 0.1) is 25.5 Å². The highest BCUT2D eigenvalue weighted by Crippen LogP contribution is 2.37. The number of halogens is 1. The summed E-state index contributed by atoms with van der Waals surface area (Å²) in [5, 5.41) is 2.99. The average molecular weight is 447 g/mol. The number of thioether (sulfide) groups is 1. The SMILES string of the molecule is CSc1cccc2sc(N3CCN(c4nc5c(C)ccc(Cl)c5s4)CC3)nc12. The Morgan fingerprint density at radius 1 is 0.929 bits per heavy atom. The monoisotopic (exact) mass is 446 g/mol.